The Hall–Kier alpha value is -4.66. The van der Waals surface area contributed by atoms with Gasteiger partial charge in [0.2, 0.25) is 5.91 Å². The fourth-order valence-corrected chi connectivity index (χ4v) is 3.76. The highest BCUT2D eigenvalue weighted by atomic mass is 16.5. The molecule has 0 radical (unpaired) electrons. The van der Waals surface area contributed by atoms with Crippen LogP contribution >= 0.6 is 0 Å². The van der Waals surface area contributed by atoms with E-state index in [0.717, 1.165) is 16.7 Å². The molecule has 9 nitrogen and oxygen atoms in total. The molecule has 0 fully saturated rings. The summed E-state index contributed by atoms with van der Waals surface area (Å²) in [7, 11) is 3.00. The Bertz CT molecular complexity index is 1480. The number of fused-ring (bicyclic) bond motifs is 1. The van der Waals surface area contributed by atoms with E-state index in [-0.39, 0.29) is 18.1 Å². The van der Waals surface area contributed by atoms with Crippen LogP contribution in [0.1, 0.15) is 23.0 Å². The molecule has 0 spiro atoms. The maximum Gasteiger partial charge on any atom is 0.279 e. The van der Waals surface area contributed by atoms with E-state index in [9.17, 15) is 14.4 Å². The van der Waals surface area contributed by atoms with Gasteiger partial charge in [-0.3, -0.25) is 14.4 Å². The SMILES string of the molecule is CCc1ccc(NC(=O)CNC(=O)c2nn(-c3ccc(OC)c(OC)c3)c(=O)c3ccccc23)cc1. The first kappa shape index (κ1) is 24.5. The number of nitrogens with zero attached hydrogens (tertiary/aromatic N) is 2. The van der Waals surface area contributed by atoms with Crippen LogP contribution in [0.25, 0.3) is 16.5 Å². The lowest BCUT2D eigenvalue weighted by atomic mass is 10.1. The van der Waals surface area contributed by atoms with E-state index in [4.69, 9.17) is 9.47 Å². The predicted molar refractivity (Wildman–Crippen MR) is 137 cm³/mol. The molecule has 2 amide bonds. The minimum atomic E-state index is -0.586. The summed E-state index contributed by atoms with van der Waals surface area (Å²) < 4.78 is 11.7. The quantitative estimate of drug-likeness (QED) is 0.395. The van der Waals surface area contributed by atoms with Gasteiger partial charge in [0.15, 0.2) is 17.2 Å². The van der Waals surface area contributed by atoms with E-state index in [2.05, 4.69) is 22.7 Å². The highest BCUT2D eigenvalue weighted by Gasteiger charge is 2.19. The summed E-state index contributed by atoms with van der Waals surface area (Å²) in [5.41, 5.74) is 1.80. The van der Waals surface area contributed by atoms with Crippen LogP contribution in [-0.2, 0) is 11.2 Å². The lowest BCUT2D eigenvalue weighted by molar-refractivity contribution is -0.115. The Labute approximate surface area is 207 Å². The topological polar surface area (TPSA) is 112 Å². The highest BCUT2D eigenvalue weighted by molar-refractivity contribution is 6.06. The number of methoxy groups -OCH3 is 2. The predicted octanol–water partition coefficient (Wildman–Crippen LogP) is 3.33. The molecule has 0 bridgehead atoms. The van der Waals surface area contributed by atoms with Gasteiger partial charge in [0, 0.05) is 17.1 Å². The number of carbonyl (C=O) groups is 2. The fourth-order valence-electron chi connectivity index (χ4n) is 3.76. The zero-order valence-electron chi connectivity index (χ0n) is 20.2. The number of aromatic nitrogens is 2. The van der Waals surface area contributed by atoms with Gasteiger partial charge in [-0.2, -0.15) is 9.78 Å². The Morgan fingerprint density at radius 2 is 1.61 bits per heavy atom. The first-order valence-electron chi connectivity index (χ1n) is 11.4. The average Bonchev–Trinajstić information content (AvgIpc) is 2.92. The van der Waals surface area contributed by atoms with Crippen molar-refractivity contribution in [3.63, 3.8) is 0 Å². The summed E-state index contributed by atoms with van der Waals surface area (Å²) in [6, 6.07) is 19.1. The third-order valence-electron chi connectivity index (χ3n) is 5.69. The fraction of sp³-hybridized carbons (Fsp3) is 0.185. The van der Waals surface area contributed by atoms with Crippen LogP contribution in [0.4, 0.5) is 5.69 Å². The molecule has 1 aromatic heterocycles. The molecule has 36 heavy (non-hydrogen) atoms. The first-order valence-corrected chi connectivity index (χ1v) is 11.4. The van der Waals surface area contributed by atoms with Gasteiger partial charge in [0.1, 0.15) is 0 Å². The number of amides is 2. The minimum absolute atomic E-state index is 0.0140. The van der Waals surface area contributed by atoms with Gasteiger partial charge < -0.3 is 20.1 Å². The van der Waals surface area contributed by atoms with Gasteiger partial charge in [-0.1, -0.05) is 37.3 Å². The molecule has 0 unspecified atom stereocenters. The highest BCUT2D eigenvalue weighted by Crippen LogP contribution is 2.28. The third-order valence-corrected chi connectivity index (χ3v) is 5.69. The van der Waals surface area contributed by atoms with Crippen LogP contribution in [-0.4, -0.2) is 42.4 Å². The maximum atomic E-state index is 13.2. The molecule has 0 saturated heterocycles. The Morgan fingerprint density at radius 1 is 0.917 bits per heavy atom. The van der Waals surface area contributed by atoms with Gasteiger partial charge in [-0.15, -0.1) is 0 Å². The van der Waals surface area contributed by atoms with Crippen molar-refractivity contribution < 1.29 is 19.1 Å². The second-order valence-electron chi connectivity index (χ2n) is 7.93. The second-order valence-corrected chi connectivity index (χ2v) is 7.93. The van der Waals surface area contributed by atoms with E-state index < -0.39 is 11.5 Å². The standard InChI is InChI=1S/C27H26N4O5/c1-4-17-9-11-18(12-10-17)29-24(32)16-28-26(33)25-20-7-5-6-8-21(20)27(34)31(30-25)19-13-14-22(35-2)23(15-19)36-3/h5-15H,4,16H2,1-3H3,(H,28,33)(H,29,32). The molecule has 0 atom stereocenters. The maximum absolute atomic E-state index is 13.2. The molecule has 4 aromatic rings. The summed E-state index contributed by atoms with van der Waals surface area (Å²) in [5.74, 6) is -0.0723. The molecule has 184 valence electrons. The molecule has 0 aliphatic heterocycles. The molecule has 2 N–H and O–H groups in total. The molecule has 1 heterocycles. The molecule has 3 aromatic carbocycles. The number of hydrogen-bond acceptors (Lipinski definition) is 6. The zero-order chi connectivity index (χ0) is 25.7. The van der Waals surface area contributed by atoms with Crippen molar-refractivity contribution in [1.29, 1.82) is 0 Å². The molecular formula is C27H26N4O5. The first-order chi connectivity index (χ1) is 17.4. The summed E-state index contributed by atoms with van der Waals surface area (Å²) >= 11 is 0. The van der Waals surface area contributed by atoms with Crippen molar-refractivity contribution >= 4 is 28.3 Å². The third kappa shape index (κ3) is 5.05. The number of aryl methyl sites for hydroxylation is 1. The van der Waals surface area contributed by atoms with E-state index in [0.29, 0.717) is 33.6 Å². The van der Waals surface area contributed by atoms with Gasteiger partial charge >= 0.3 is 0 Å². The Balaban J connectivity index is 1.62. The van der Waals surface area contributed by atoms with Crippen molar-refractivity contribution in [2.75, 3.05) is 26.1 Å². The number of anilines is 1. The summed E-state index contributed by atoms with van der Waals surface area (Å²) in [4.78, 5) is 38.7. The number of ether oxygens (including phenoxy) is 2. The lowest BCUT2D eigenvalue weighted by Crippen LogP contribution is -2.35. The van der Waals surface area contributed by atoms with Crippen molar-refractivity contribution in [3.8, 4) is 17.2 Å². The number of nitrogens with one attached hydrogen (secondary N) is 2. The van der Waals surface area contributed by atoms with E-state index >= 15 is 0 Å². The van der Waals surface area contributed by atoms with E-state index in [1.54, 1.807) is 42.5 Å². The molecular weight excluding hydrogens is 460 g/mol. The Morgan fingerprint density at radius 3 is 2.28 bits per heavy atom. The van der Waals surface area contributed by atoms with Crippen LogP contribution in [0.3, 0.4) is 0 Å². The van der Waals surface area contributed by atoms with Crippen LogP contribution in [0.2, 0.25) is 0 Å². The van der Waals surface area contributed by atoms with Crippen molar-refractivity contribution in [2.24, 2.45) is 0 Å². The number of hydrogen-bond donors (Lipinski definition) is 2. The number of benzene rings is 3. The second kappa shape index (κ2) is 10.7. The van der Waals surface area contributed by atoms with Crippen LogP contribution < -0.4 is 25.7 Å². The van der Waals surface area contributed by atoms with E-state index in [1.165, 1.54) is 14.2 Å². The van der Waals surface area contributed by atoms with Crippen molar-refractivity contribution in [2.45, 2.75) is 13.3 Å². The average molecular weight is 487 g/mol. The lowest BCUT2D eigenvalue weighted by Gasteiger charge is -2.13. The number of carbonyl (C=O) groups excluding carboxylic acids is 2. The minimum Gasteiger partial charge on any atom is -0.493 e. The molecule has 4 rings (SSSR count). The summed E-state index contributed by atoms with van der Waals surface area (Å²) in [6.07, 6.45) is 0.900. The molecule has 9 heteroatoms. The van der Waals surface area contributed by atoms with E-state index in [1.807, 2.05) is 24.3 Å². The van der Waals surface area contributed by atoms with Crippen LogP contribution in [0, 0.1) is 0 Å². The van der Waals surface area contributed by atoms with Gasteiger partial charge in [-0.05, 0) is 42.3 Å². The summed E-state index contributed by atoms with van der Waals surface area (Å²) in [6.45, 7) is 1.79. The van der Waals surface area contributed by atoms with Gasteiger partial charge in [0.05, 0.1) is 31.8 Å². The molecule has 0 aliphatic rings. The molecule has 0 saturated carbocycles. The van der Waals surface area contributed by atoms with Crippen molar-refractivity contribution in [1.82, 2.24) is 15.1 Å². The molecule has 0 aliphatic carbocycles. The van der Waals surface area contributed by atoms with Crippen LogP contribution in [0.15, 0.2) is 71.5 Å². The summed E-state index contributed by atoms with van der Waals surface area (Å²) in [5, 5.41) is 10.4. The zero-order valence-corrected chi connectivity index (χ0v) is 20.2. The normalized spacial score (nSPS) is 10.6. The van der Waals surface area contributed by atoms with Crippen LogP contribution in [0.5, 0.6) is 11.5 Å². The van der Waals surface area contributed by atoms with Gasteiger partial charge in [-0.25, -0.2) is 0 Å². The van der Waals surface area contributed by atoms with Crippen molar-refractivity contribution in [3.05, 3.63) is 88.3 Å². The largest absolute Gasteiger partial charge is 0.493 e. The smallest absolute Gasteiger partial charge is 0.279 e. The van der Waals surface area contributed by atoms with Gasteiger partial charge in [0.25, 0.3) is 11.5 Å². The Kier molecular flexibility index (Phi) is 7.29. The number of rotatable bonds is 8. The monoisotopic (exact) mass is 486 g/mol.